The van der Waals surface area contributed by atoms with E-state index >= 15 is 0 Å². The van der Waals surface area contributed by atoms with Crippen LogP contribution in [-0.2, 0) is 9.47 Å². The molecule has 1 aliphatic carbocycles. The van der Waals surface area contributed by atoms with E-state index in [4.69, 9.17) is 9.47 Å². The Labute approximate surface area is 124 Å². The maximum atomic E-state index is 6.24. The Morgan fingerprint density at radius 1 is 1.10 bits per heavy atom. The second kappa shape index (κ2) is 9.01. The van der Waals surface area contributed by atoms with E-state index in [0.29, 0.717) is 18.1 Å². The first kappa shape index (κ1) is 16.3. The van der Waals surface area contributed by atoms with Gasteiger partial charge in [0.1, 0.15) is 0 Å². The van der Waals surface area contributed by atoms with Gasteiger partial charge in [0.2, 0.25) is 0 Å². The smallest absolute Gasteiger partial charge is 0.0759 e. The summed E-state index contributed by atoms with van der Waals surface area (Å²) in [4.78, 5) is 0. The first-order valence-corrected chi connectivity index (χ1v) is 8.79. The predicted octanol–water partition coefficient (Wildman–Crippen LogP) is 3.38. The molecular weight excluding hydrogens is 250 g/mol. The minimum absolute atomic E-state index is 0.388. The lowest BCUT2D eigenvalue weighted by atomic mass is 9.79. The van der Waals surface area contributed by atoms with E-state index in [9.17, 15) is 0 Å². The minimum Gasteiger partial charge on any atom is -0.381 e. The third kappa shape index (κ3) is 4.44. The number of hydrogen-bond acceptors (Lipinski definition) is 3. The van der Waals surface area contributed by atoms with E-state index in [-0.39, 0.29) is 0 Å². The Morgan fingerprint density at radius 2 is 1.90 bits per heavy atom. The largest absolute Gasteiger partial charge is 0.381 e. The van der Waals surface area contributed by atoms with Crippen LogP contribution in [0.3, 0.4) is 0 Å². The Balaban J connectivity index is 2.02. The Morgan fingerprint density at radius 3 is 2.50 bits per heavy atom. The summed E-state index contributed by atoms with van der Waals surface area (Å²) in [7, 11) is 0. The van der Waals surface area contributed by atoms with Gasteiger partial charge < -0.3 is 14.8 Å². The highest BCUT2D eigenvalue weighted by Gasteiger charge is 2.37. The van der Waals surface area contributed by atoms with E-state index in [1.165, 1.54) is 44.9 Å². The molecule has 0 radical (unpaired) electrons. The zero-order chi connectivity index (χ0) is 14.2. The van der Waals surface area contributed by atoms with Crippen LogP contribution >= 0.6 is 0 Å². The van der Waals surface area contributed by atoms with Crippen molar-refractivity contribution in [3.8, 4) is 0 Å². The molecule has 20 heavy (non-hydrogen) atoms. The van der Waals surface area contributed by atoms with Gasteiger partial charge in [0.05, 0.1) is 12.7 Å². The molecule has 2 fully saturated rings. The molecule has 1 aliphatic heterocycles. The summed E-state index contributed by atoms with van der Waals surface area (Å²) in [5.41, 5.74) is 0. The van der Waals surface area contributed by atoms with Crippen LogP contribution in [0.25, 0.3) is 0 Å². The van der Waals surface area contributed by atoms with E-state index in [1.807, 2.05) is 0 Å². The molecular formula is C17H33NO2. The first-order valence-electron chi connectivity index (χ1n) is 8.79. The van der Waals surface area contributed by atoms with Crippen molar-refractivity contribution >= 4 is 0 Å². The van der Waals surface area contributed by atoms with Crippen molar-refractivity contribution in [1.82, 2.24) is 5.32 Å². The topological polar surface area (TPSA) is 30.5 Å². The van der Waals surface area contributed by atoms with Crippen molar-refractivity contribution in [2.75, 3.05) is 26.4 Å². The van der Waals surface area contributed by atoms with Gasteiger partial charge in [-0.05, 0) is 45.1 Å². The maximum absolute atomic E-state index is 6.24. The molecule has 118 valence electrons. The van der Waals surface area contributed by atoms with Gasteiger partial charge in [0.25, 0.3) is 0 Å². The van der Waals surface area contributed by atoms with E-state index < -0.39 is 0 Å². The highest BCUT2D eigenvalue weighted by molar-refractivity contribution is 4.90. The van der Waals surface area contributed by atoms with Crippen LogP contribution in [0, 0.1) is 11.8 Å². The third-order valence-electron chi connectivity index (χ3n) is 4.93. The van der Waals surface area contributed by atoms with Gasteiger partial charge in [-0.25, -0.2) is 0 Å². The lowest BCUT2D eigenvalue weighted by molar-refractivity contribution is -0.0321. The molecule has 1 saturated heterocycles. The lowest BCUT2D eigenvalue weighted by Crippen LogP contribution is -2.51. The summed E-state index contributed by atoms with van der Waals surface area (Å²) in [5, 5.41) is 3.79. The fourth-order valence-electron chi connectivity index (χ4n) is 3.89. The molecule has 3 unspecified atom stereocenters. The fourth-order valence-corrected chi connectivity index (χ4v) is 3.89. The van der Waals surface area contributed by atoms with E-state index in [2.05, 4.69) is 19.2 Å². The van der Waals surface area contributed by atoms with Crippen LogP contribution in [0.5, 0.6) is 0 Å². The number of hydrogen-bond donors (Lipinski definition) is 1. The Kier molecular flexibility index (Phi) is 7.32. The highest BCUT2D eigenvalue weighted by Crippen LogP contribution is 2.33. The first-order chi connectivity index (χ1) is 9.86. The van der Waals surface area contributed by atoms with Crippen molar-refractivity contribution in [3.05, 3.63) is 0 Å². The van der Waals surface area contributed by atoms with Crippen molar-refractivity contribution < 1.29 is 9.47 Å². The number of rotatable bonds is 8. The van der Waals surface area contributed by atoms with Gasteiger partial charge in [-0.3, -0.25) is 0 Å². The Bertz CT molecular complexity index is 247. The molecule has 1 saturated carbocycles. The summed E-state index contributed by atoms with van der Waals surface area (Å²) in [6.07, 6.45) is 9.65. The lowest BCUT2D eigenvalue weighted by Gasteiger charge is -2.38. The van der Waals surface area contributed by atoms with Crippen LogP contribution in [-0.4, -0.2) is 38.5 Å². The standard InChI is InChI=1S/C17H33NO2/c1-3-11-18-16(15-10-12-19-13-15)17(20-4-2)14-8-6-5-7-9-14/h14-18H,3-13H2,1-2H3. The molecule has 0 aromatic carbocycles. The summed E-state index contributed by atoms with van der Waals surface area (Å²) in [5.74, 6) is 1.39. The van der Waals surface area contributed by atoms with Gasteiger partial charge in [0.15, 0.2) is 0 Å². The van der Waals surface area contributed by atoms with Crippen molar-refractivity contribution in [2.45, 2.75) is 70.9 Å². The van der Waals surface area contributed by atoms with Crippen LogP contribution in [0.1, 0.15) is 58.8 Å². The zero-order valence-corrected chi connectivity index (χ0v) is 13.4. The van der Waals surface area contributed by atoms with Crippen LogP contribution in [0.2, 0.25) is 0 Å². The molecule has 1 N–H and O–H groups in total. The van der Waals surface area contributed by atoms with Crippen molar-refractivity contribution in [1.29, 1.82) is 0 Å². The molecule has 0 amide bonds. The van der Waals surface area contributed by atoms with Crippen LogP contribution in [0.4, 0.5) is 0 Å². The number of nitrogens with one attached hydrogen (secondary N) is 1. The molecule has 0 spiro atoms. The molecule has 1 heterocycles. The summed E-state index contributed by atoms with van der Waals surface area (Å²) >= 11 is 0. The quantitative estimate of drug-likeness (QED) is 0.741. The molecule has 2 rings (SSSR count). The molecule has 2 aliphatic rings. The fraction of sp³-hybridized carbons (Fsp3) is 1.00. The second-order valence-corrected chi connectivity index (χ2v) is 6.42. The van der Waals surface area contributed by atoms with Gasteiger partial charge >= 0.3 is 0 Å². The summed E-state index contributed by atoms with van der Waals surface area (Å²) < 4.78 is 11.9. The van der Waals surface area contributed by atoms with Crippen LogP contribution in [0.15, 0.2) is 0 Å². The van der Waals surface area contributed by atoms with Gasteiger partial charge in [-0.1, -0.05) is 26.2 Å². The molecule has 3 nitrogen and oxygen atoms in total. The SMILES string of the molecule is CCCNC(C1CCOC1)C(OCC)C1CCCCC1. The van der Waals surface area contributed by atoms with Crippen molar-refractivity contribution in [3.63, 3.8) is 0 Å². The monoisotopic (exact) mass is 283 g/mol. The van der Waals surface area contributed by atoms with Gasteiger partial charge in [0, 0.05) is 25.2 Å². The molecule has 3 atom stereocenters. The average Bonchev–Trinajstić information content (AvgIpc) is 3.01. The normalized spacial score (nSPS) is 27.6. The highest BCUT2D eigenvalue weighted by atomic mass is 16.5. The van der Waals surface area contributed by atoms with E-state index in [1.54, 1.807) is 0 Å². The average molecular weight is 283 g/mol. The predicted molar refractivity (Wildman–Crippen MR) is 83.0 cm³/mol. The van der Waals surface area contributed by atoms with Crippen LogP contribution < -0.4 is 5.32 Å². The van der Waals surface area contributed by atoms with Crippen molar-refractivity contribution in [2.24, 2.45) is 11.8 Å². The molecule has 0 aromatic heterocycles. The summed E-state index contributed by atoms with van der Waals surface area (Å²) in [6, 6.07) is 0.487. The Hall–Kier alpha value is -0.120. The van der Waals surface area contributed by atoms with Gasteiger partial charge in [-0.2, -0.15) is 0 Å². The molecule has 0 aromatic rings. The summed E-state index contributed by atoms with van der Waals surface area (Å²) in [6.45, 7) is 8.15. The maximum Gasteiger partial charge on any atom is 0.0759 e. The minimum atomic E-state index is 0.388. The molecule has 3 heteroatoms. The third-order valence-corrected chi connectivity index (χ3v) is 4.93. The van der Waals surface area contributed by atoms with Gasteiger partial charge in [-0.15, -0.1) is 0 Å². The second-order valence-electron chi connectivity index (χ2n) is 6.42. The zero-order valence-electron chi connectivity index (χ0n) is 13.4. The number of ether oxygens (including phenoxy) is 2. The molecule has 0 bridgehead atoms. The van der Waals surface area contributed by atoms with E-state index in [0.717, 1.165) is 32.3 Å².